The minimum absolute atomic E-state index is 0.0166. The number of nitrogens with one attached hydrogen (secondary N) is 1. The second-order valence-electron chi connectivity index (χ2n) is 3.45. The maximum Gasteiger partial charge on any atom is 0.239 e. The molecule has 0 atom stereocenters. The average Bonchev–Trinajstić information content (AvgIpc) is 2.29. The van der Waals surface area contributed by atoms with E-state index in [2.05, 4.69) is 26.2 Å². The van der Waals surface area contributed by atoms with Crippen LogP contribution in [0.1, 0.15) is 12.5 Å². The number of halogens is 1. The monoisotopic (exact) mass is 285 g/mol. The quantitative estimate of drug-likeness (QED) is 0.916. The van der Waals surface area contributed by atoms with E-state index in [1.165, 1.54) is 0 Å². The molecular weight excluding hydrogens is 270 g/mol. The fourth-order valence-corrected chi connectivity index (χ4v) is 1.82. The third-order valence-corrected chi connectivity index (χ3v) is 3.34. The third-order valence-electron chi connectivity index (χ3n) is 2.36. The fourth-order valence-electron chi connectivity index (χ4n) is 1.34. The second-order valence-corrected chi connectivity index (χ2v) is 4.25. The highest BCUT2D eigenvalue weighted by molar-refractivity contribution is 9.10. The second kappa shape index (κ2) is 5.84. The number of rotatable bonds is 4. The molecule has 0 bridgehead atoms. The molecule has 16 heavy (non-hydrogen) atoms. The van der Waals surface area contributed by atoms with Gasteiger partial charge in [-0.2, -0.15) is 0 Å². The van der Waals surface area contributed by atoms with Crippen LogP contribution in [0.3, 0.4) is 0 Å². The number of aryl methyl sites for hydroxylation is 1. The first-order chi connectivity index (χ1) is 7.60. The van der Waals surface area contributed by atoms with Crippen LogP contribution >= 0.6 is 15.9 Å². The topological polar surface area (TPSA) is 45.2 Å². The van der Waals surface area contributed by atoms with Gasteiger partial charge in [0.25, 0.3) is 0 Å². The van der Waals surface area contributed by atoms with Crippen LogP contribution < -0.4 is 10.2 Å². The van der Waals surface area contributed by atoms with Gasteiger partial charge in [-0.25, -0.2) is 4.98 Å². The molecule has 0 aliphatic heterocycles. The van der Waals surface area contributed by atoms with Gasteiger partial charge >= 0.3 is 0 Å². The van der Waals surface area contributed by atoms with Gasteiger partial charge in [0.1, 0.15) is 5.82 Å². The van der Waals surface area contributed by atoms with E-state index < -0.39 is 0 Å². The number of likely N-dealkylation sites (N-methyl/N-ethyl adjacent to an activating group) is 2. The van der Waals surface area contributed by atoms with Crippen molar-refractivity contribution in [2.75, 3.05) is 25.0 Å². The first kappa shape index (κ1) is 13.0. The molecule has 1 amide bonds. The summed E-state index contributed by atoms with van der Waals surface area (Å²) >= 11 is 3.50. The summed E-state index contributed by atoms with van der Waals surface area (Å²) in [7, 11) is 1.63. The maximum absolute atomic E-state index is 11.4. The highest BCUT2D eigenvalue weighted by Gasteiger charge is 2.13. The number of nitrogens with zero attached hydrogens (tertiary/aromatic N) is 2. The van der Waals surface area contributed by atoms with E-state index in [1.807, 2.05) is 24.8 Å². The van der Waals surface area contributed by atoms with Crippen LogP contribution in [0.2, 0.25) is 0 Å². The van der Waals surface area contributed by atoms with E-state index in [0.717, 1.165) is 22.4 Å². The van der Waals surface area contributed by atoms with Gasteiger partial charge in [-0.1, -0.05) is 0 Å². The summed E-state index contributed by atoms with van der Waals surface area (Å²) in [6, 6.07) is 1.93. The zero-order valence-electron chi connectivity index (χ0n) is 9.75. The standard InChI is InChI=1S/C11H16BrN3O/c1-4-15(7-9(16)13-3)11-10(12)8(2)5-6-14-11/h5-6H,4,7H2,1-3H3,(H,13,16). The Bertz CT molecular complexity index is 381. The van der Waals surface area contributed by atoms with Gasteiger partial charge in [-0.15, -0.1) is 0 Å². The van der Waals surface area contributed by atoms with E-state index in [9.17, 15) is 4.79 Å². The van der Waals surface area contributed by atoms with E-state index >= 15 is 0 Å². The first-order valence-electron chi connectivity index (χ1n) is 5.16. The molecule has 1 heterocycles. The zero-order chi connectivity index (χ0) is 12.1. The molecule has 0 spiro atoms. The lowest BCUT2D eigenvalue weighted by atomic mass is 10.3. The number of aromatic nitrogens is 1. The van der Waals surface area contributed by atoms with Crippen LogP contribution in [0.15, 0.2) is 16.7 Å². The van der Waals surface area contributed by atoms with Crippen LogP contribution in [-0.2, 0) is 4.79 Å². The van der Waals surface area contributed by atoms with E-state index in [4.69, 9.17) is 0 Å². The third kappa shape index (κ3) is 2.95. The normalized spacial score (nSPS) is 10.0. The Morgan fingerprint density at radius 2 is 2.31 bits per heavy atom. The Morgan fingerprint density at radius 1 is 1.62 bits per heavy atom. The number of carbonyl (C=O) groups is 1. The van der Waals surface area contributed by atoms with Crippen molar-refractivity contribution in [1.29, 1.82) is 0 Å². The van der Waals surface area contributed by atoms with Crippen molar-refractivity contribution < 1.29 is 4.79 Å². The number of anilines is 1. The van der Waals surface area contributed by atoms with Gasteiger partial charge in [0, 0.05) is 19.8 Å². The van der Waals surface area contributed by atoms with Crippen LogP contribution in [-0.4, -0.2) is 31.0 Å². The minimum Gasteiger partial charge on any atom is -0.358 e. The van der Waals surface area contributed by atoms with Crippen LogP contribution in [0.5, 0.6) is 0 Å². The van der Waals surface area contributed by atoms with Gasteiger partial charge < -0.3 is 10.2 Å². The fraction of sp³-hybridized carbons (Fsp3) is 0.455. The Morgan fingerprint density at radius 3 is 2.88 bits per heavy atom. The van der Waals surface area contributed by atoms with Crippen molar-refractivity contribution in [1.82, 2.24) is 10.3 Å². The zero-order valence-corrected chi connectivity index (χ0v) is 11.3. The molecular formula is C11H16BrN3O. The van der Waals surface area contributed by atoms with Gasteiger partial charge in [0.05, 0.1) is 11.0 Å². The van der Waals surface area contributed by atoms with Crippen LogP contribution in [0.25, 0.3) is 0 Å². The van der Waals surface area contributed by atoms with Crippen LogP contribution in [0.4, 0.5) is 5.82 Å². The van der Waals surface area contributed by atoms with Gasteiger partial charge in [0.2, 0.25) is 5.91 Å². The number of carbonyl (C=O) groups excluding carboxylic acids is 1. The number of pyridine rings is 1. The smallest absolute Gasteiger partial charge is 0.239 e. The Balaban J connectivity index is 2.95. The number of hydrogen-bond acceptors (Lipinski definition) is 3. The molecule has 0 unspecified atom stereocenters. The molecule has 0 aromatic carbocycles. The molecule has 4 nitrogen and oxygen atoms in total. The van der Waals surface area contributed by atoms with Crippen molar-refractivity contribution in [2.24, 2.45) is 0 Å². The maximum atomic E-state index is 11.4. The highest BCUT2D eigenvalue weighted by atomic mass is 79.9. The van der Waals surface area contributed by atoms with Crippen molar-refractivity contribution in [3.63, 3.8) is 0 Å². The lowest BCUT2D eigenvalue weighted by molar-refractivity contribution is -0.119. The SMILES string of the molecule is CCN(CC(=O)NC)c1nccc(C)c1Br. The molecule has 1 aromatic heterocycles. The number of amides is 1. The molecule has 0 fully saturated rings. The van der Waals surface area contributed by atoms with Crippen molar-refractivity contribution in [3.05, 3.63) is 22.3 Å². The summed E-state index contributed by atoms with van der Waals surface area (Å²) in [5.41, 5.74) is 1.11. The predicted octanol–water partition coefficient (Wildman–Crippen LogP) is 1.72. The van der Waals surface area contributed by atoms with E-state index in [-0.39, 0.29) is 5.91 Å². The summed E-state index contributed by atoms with van der Waals surface area (Å²) < 4.78 is 0.945. The van der Waals surface area contributed by atoms with Gasteiger partial charge in [-0.3, -0.25) is 4.79 Å². The summed E-state index contributed by atoms with van der Waals surface area (Å²) in [5.74, 6) is 0.795. The molecule has 0 saturated carbocycles. The Kier molecular flexibility index (Phi) is 4.73. The largest absolute Gasteiger partial charge is 0.358 e. The van der Waals surface area contributed by atoms with E-state index in [1.54, 1.807) is 13.2 Å². The average molecular weight is 286 g/mol. The summed E-state index contributed by atoms with van der Waals surface area (Å²) in [4.78, 5) is 17.6. The Hall–Kier alpha value is -1.10. The van der Waals surface area contributed by atoms with Gasteiger partial charge in [0.15, 0.2) is 0 Å². The summed E-state index contributed by atoms with van der Waals surface area (Å²) in [6.45, 7) is 5.06. The lowest BCUT2D eigenvalue weighted by Gasteiger charge is -2.22. The van der Waals surface area contributed by atoms with Crippen molar-refractivity contribution in [3.8, 4) is 0 Å². The molecule has 0 aliphatic rings. The predicted molar refractivity (Wildman–Crippen MR) is 68.6 cm³/mol. The molecule has 0 aliphatic carbocycles. The molecule has 88 valence electrons. The summed E-state index contributed by atoms with van der Waals surface area (Å²) in [5, 5.41) is 2.61. The molecule has 1 rings (SSSR count). The summed E-state index contributed by atoms with van der Waals surface area (Å²) in [6.07, 6.45) is 1.75. The molecule has 1 aromatic rings. The molecule has 0 radical (unpaired) electrons. The Labute approximate surface area is 104 Å². The van der Waals surface area contributed by atoms with Crippen LogP contribution in [0, 0.1) is 6.92 Å². The van der Waals surface area contributed by atoms with Gasteiger partial charge in [-0.05, 0) is 41.4 Å². The highest BCUT2D eigenvalue weighted by Crippen LogP contribution is 2.26. The lowest BCUT2D eigenvalue weighted by Crippen LogP contribution is -2.36. The van der Waals surface area contributed by atoms with Crippen molar-refractivity contribution >= 4 is 27.7 Å². The number of hydrogen-bond donors (Lipinski definition) is 1. The van der Waals surface area contributed by atoms with Crippen molar-refractivity contribution in [2.45, 2.75) is 13.8 Å². The van der Waals surface area contributed by atoms with E-state index in [0.29, 0.717) is 6.54 Å². The molecule has 1 N–H and O–H groups in total. The first-order valence-corrected chi connectivity index (χ1v) is 5.96. The molecule has 5 heteroatoms. The minimum atomic E-state index is -0.0166. The molecule has 0 saturated heterocycles.